The predicted octanol–water partition coefficient (Wildman–Crippen LogP) is 3.27. The third-order valence-corrected chi connectivity index (χ3v) is 3.21. The van der Waals surface area contributed by atoms with Gasteiger partial charge in [0.15, 0.2) is 0 Å². The lowest BCUT2D eigenvalue weighted by Gasteiger charge is -2.17. The van der Waals surface area contributed by atoms with E-state index in [-0.39, 0.29) is 11.9 Å². The molecule has 0 saturated carbocycles. The summed E-state index contributed by atoms with van der Waals surface area (Å²) in [6.45, 7) is 2.85. The van der Waals surface area contributed by atoms with Crippen LogP contribution in [0.3, 0.4) is 0 Å². The topological polar surface area (TPSA) is 37.8 Å². The summed E-state index contributed by atoms with van der Waals surface area (Å²) in [5, 5.41) is 3.35. The van der Waals surface area contributed by atoms with Gasteiger partial charge in [-0.05, 0) is 36.7 Å². The van der Waals surface area contributed by atoms with Crippen LogP contribution < -0.4 is 5.32 Å². The summed E-state index contributed by atoms with van der Waals surface area (Å²) >= 11 is 3.31. The molecule has 2 aromatic rings. The molecule has 100 valence electrons. The lowest BCUT2D eigenvalue weighted by molar-refractivity contribution is 0.532. The minimum absolute atomic E-state index is 0.0346. The van der Waals surface area contributed by atoms with Crippen LogP contribution in [0.25, 0.3) is 0 Å². The predicted molar refractivity (Wildman–Crippen MR) is 76.3 cm³/mol. The van der Waals surface area contributed by atoms with Gasteiger partial charge in [0.1, 0.15) is 5.82 Å². The monoisotopic (exact) mass is 323 g/mol. The molecule has 5 heteroatoms. The van der Waals surface area contributed by atoms with Crippen LogP contribution in [0.15, 0.2) is 41.3 Å². The third-order valence-electron chi connectivity index (χ3n) is 2.75. The molecule has 1 heterocycles. The van der Waals surface area contributed by atoms with Crippen LogP contribution in [0.2, 0.25) is 0 Å². The zero-order valence-corrected chi connectivity index (χ0v) is 12.2. The van der Waals surface area contributed by atoms with Gasteiger partial charge in [-0.1, -0.05) is 22.9 Å². The van der Waals surface area contributed by atoms with Crippen molar-refractivity contribution < 1.29 is 4.39 Å². The number of benzene rings is 1. The summed E-state index contributed by atoms with van der Waals surface area (Å²) in [5.41, 5.74) is 1.79. The van der Waals surface area contributed by atoms with Crippen molar-refractivity contribution in [2.45, 2.75) is 19.4 Å². The van der Waals surface area contributed by atoms with Crippen LogP contribution in [0.1, 0.15) is 24.2 Å². The largest absolute Gasteiger partial charge is 0.309 e. The summed E-state index contributed by atoms with van der Waals surface area (Å²) in [5.74, 6) is -0.237. The minimum atomic E-state index is -0.237. The van der Waals surface area contributed by atoms with E-state index in [1.807, 2.05) is 13.0 Å². The average Bonchev–Trinajstić information content (AvgIpc) is 2.38. The van der Waals surface area contributed by atoms with Crippen molar-refractivity contribution in [3.05, 3.63) is 58.3 Å². The summed E-state index contributed by atoms with van der Waals surface area (Å²) in [6.07, 6.45) is 5.72. The van der Waals surface area contributed by atoms with Crippen molar-refractivity contribution in [2.75, 3.05) is 6.54 Å². The molecule has 0 fully saturated rings. The lowest BCUT2D eigenvalue weighted by Crippen LogP contribution is -2.24. The Bertz CT molecular complexity index is 513. The van der Waals surface area contributed by atoms with Crippen LogP contribution in [-0.2, 0) is 6.42 Å². The number of likely N-dealkylation sites (N-methyl/N-ethyl adjacent to an activating group) is 1. The van der Waals surface area contributed by atoms with Gasteiger partial charge >= 0.3 is 0 Å². The minimum Gasteiger partial charge on any atom is -0.309 e. The first-order valence-electron chi connectivity index (χ1n) is 6.13. The fourth-order valence-corrected chi connectivity index (χ4v) is 2.50. The Labute approximate surface area is 120 Å². The SMILES string of the molecule is CCNC(Cc1cc(F)cc(Br)c1)c1cnccn1. The maximum Gasteiger partial charge on any atom is 0.124 e. The van der Waals surface area contributed by atoms with Crippen molar-refractivity contribution >= 4 is 15.9 Å². The molecule has 1 atom stereocenters. The van der Waals surface area contributed by atoms with Gasteiger partial charge in [-0.3, -0.25) is 9.97 Å². The molecule has 2 rings (SSSR count). The van der Waals surface area contributed by atoms with E-state index in [1.54, 1.807) is 24.7 Å². The van der Waals surface area contributed by atoms with E-state index in [1.165, 1.54) is 6.07 Å². The Morgan fingerprint density at radius 1 is 1.32 bits per heavy atom. The van der Waals surface area contributed by atoms with Crippen LogP contribution in [0.5, 0.6) is 0 Å². The molecule has 0 aliphatic heterocycles. The highest BCUT2D eigenvalue weighted by molar-refractivity contribution is 9.10. The van der Waals surface area contributed by atoms with Gasteiger partial charge in [0.25, 0.3) is 0 Å². The maximum atomic E-state index is 13.4. The lowest BCUT2D eigenvalue weighted by atomic mass is 10.0. The van der Waals surface area contributed by atoms with Gasteiger partial charge in [-0.15, -0.1) is 0 Å². The number of aromatic nitrogens is 2. The van der Waals surface area contributed by atoms with E-state index in [0.29, 0.717) is 6.42 Å². The van der Waals surface area contributed by atoms with Crippen molar-refractivity contribution in [1.82, 2.24) is 15.3 Å². The molecule has 1 aromatic heterocycles. The maximum absolute atomic E-state index is 13.4. The highest BCUT2D eigenvalue weighted by Crippen LogP contribution is 2.20. The van der Waals surface area contributed by atoms with Gasteiger partial charge in [-0.25, -0.2) is 4.39 Å². The van der Waals surface area contributed by atoms with Crippen LogP contribution >= 0.6 is 15.9 Å². The number of nitrogens with one attached hydrogen (secondary N) is 1. The molecule has 0 radical (unpaired) electrons. The summed E-state index contributed by atoms with van der Waals surface area (Å²) < 4.78 is 14.1. The zero-order valence-electron chi connectivity index (χ0n) is 10.6. The molecule has 0 spiro atoms. The van der Waals surface area contributed by atoms with Crippen LogP contribution in [0, 0.1) is 5.82 Å². The van der Waals surface area contributed by atoms with Crippen molar-refractivity contribution in [2.24, 2.45) is 0 Å². The van der Waals surface area contributed by atoms with Crippen LogP contribution in [0.4, 0.5) is 4.39 Å². The smallest absolute Gasteiger partial charge is 0.124 e. The third kappa shape index (κ3) is 4.08. The fourth-order valence-electron chi connectivity index (χ4n) is 1.98. The Balaban J connectivity index is 2.21. The summed E-state index contributed by atoms with van der Waals surface area (Å²) in [4.78, 5) is 8.39. The normalized spacial score (nSPS) is 12.4. The molecule has 19 heavy (non-hydrogen) atoms. The molecule has 0 bridgehead atoms. The quantitative estimate of drug-likeness (QED) is 0.917. The van der Waals surface area contributed by atoms with E-state index in [4.69, 9.17) is 0 Å². The average molecular weight is 324 g/mol. The van der Waals surface area contributed by atoms with Crippen molar-refractivity contribution in [3.8, 4) is 0 Å². The van der Waals surface area contributed by atoms with Gasteiger partial charge < -0.3 is 5.32 Å². The molecule has 3 nitrogen and oxygen atoms in total. The Morgan fingerprint density at radius 2 is 2.16 bits per heavy atom. The number of rotatable bonds is 5. The standard InChI is InChI=1S/C14H15BrFN3/c1-2-18-13(14-9-17-3-4-19-14)7-10-5-11(15)8-12(16)6-10/h3-6,8-9,13,18H,2,7H2,1H3. The summed E-state index contributed by atoms with van der Waals surface area (Å²) in [6, 6.07) is 4.95. The molecule has 0 aliphatic carbocycles. The second kappa shape index (κ2) is 6.73. The molecule has 1 aromatic carbocycles. The molecule has 1 N–H and O–H groups in total. The number of nitrogens with zero attached hydrogens (tertiary/aromatic N) is 2. The van der Waals surface area contributed by atoms with Crippen molar-refractivity contribution in [1.29, 1.82) is 0 Å². The summed E-state index contributed by atoms with van der Waals surface area (Å²) in [7, 11) is 0. The Hall–Kier alpha value is -1.33. The van der Waals surface area contributed by atoms with E-state index in [9.17, 15) is 4.39 Å². The molecular weight excluding hydrogens is 309 g/mol. The van der Waals surface area contributed by atoms with E-state index in [0.717, 1.165) is 22.3 Å². The van der Waals surface area contributed by atoms with Gasteiger partial charge in [0.2, 0.25) is 0 Å². The van der Waals surface area contributed by atoms with E-state index in [2.05, 4.69) is 31.2 Å². The second-order valence-electron chi connectivity index (χ2n) is 4.22. The molecule has 0 aliphatic rings. The van der Waals surface area contributed by atoms with Gasteiger partial charge in [0.05, 0.1) is 11.7 Å². The molecule has 0 amide bonds. The van der Waals surface area contributed by atoms with E-state index < -0.39 is 0 Å². The Morgan fingerprint density at radius 3 is 2.79 bits per heavy atom. The molecule has 0 saturated heterocycles. The highest BCUT2D eigenvalue weighted by Gasteiger charge is 2.13. The highest BCUT2D eigenvalue weighted by atomic mass is 79.9. The first-order chi connectivity index (χ1) is 9.19. The van der Waals surface area contributed by atoms with Crippen LogP contribution in [-0.4, -0.2) is 16.5 Å². The second-order valence-corrected chi connectivity index (χ2v) is 5.14. The van der Waals surface area contributed by atoms with Gasteiger partial charge in [0, 0.05) is 23.1 Å². The first-order valence-corrected chi connectivity index (χ1v) is 6.92. The van der Waals surface area contributed by atoms with E-state index >= 15 is 0 Å². The molecule has 1 unspecified atom stereocenters. The fraction of sp³-hybridized carbons (Fsp3) is 0.286. The van der Waals surface area contributed by atoms with Crippen molar-refractivity contribution in [3.63, 3.8) is 0 Å². The number of hydrogen-bond acceptors (Lipinski definition) is 3. The van der Waals surface area contributed by atoms with Gasteiger partial charge in [-0.2, -0.15) is 0 Å². The number of hydrogen-bond donors (Lipinski definition) is 1. The first kappa shape index (κ1) is 14.1. The molecular formula is C14H15BrFN3. The number of halogens is 2. The Kier molecular flexibility index (Phi) is 4.99. The zero-order chi connectivity index (χ0) is 13.7.